The summed E-state index contributed by atoms with van der Waals surface area (Å²) < 4.78 is 28.3. The van der Waals surface area contributed by atoms with Gasteiger partial charge in [0.15, 0.2) is 0 Å². The summed E-state index contributed by atoms with van der Waals surface area (Å²) in [6.45, 7) is 0.131. The van der Waals surface area contributed by atoms with Crippen molar-refractivity contribution in [3.63, 3.8) is 0 Å². The van der Waals surface area contributed by atoms with Gasteiger partial charge in [-0.05, 0) is 48.4 Å². The number of likely N-dealkylation sites (tertiary alicyclic amines) is 1. The van der Waals surface area contributed by atoms with Crippen molar-refractivity contribution in [2.75, 3.05) is 6.54 Å². The van der Waals surface area contributed by atoms with Gasteiger partial charge in [0.2, 0.25) is 0 Å². The van der Waals surface area contributed by atoms with Crippen LogP contribution in [0.4, 0.5) is 8.78 Å². The fourth-order valence-electron chi connectivity index (χ4n) is 4.47. The zero-order valence-electron chi connectivity index (χ0n) is 18.0. The molecule has 3 aromatic carbocycles. The maximum atomic E-state index is 14.9. The molecular formula is C27H20F2N2O3. The third-order valence-electron chi connectivity index (χ3n) is 6.15. The van der Waals surface area contributed by atoms with Gasteiger partial charge >= 0.3 is 0 Å². The maximum Gasteiger partial charge on any atom is 0.295 e. The summed E-state index contributed by atoms with van der Waals surface area (Å²) in [6.07, 6.45) is 2.26. The topological polar surface area (TPSA) is 73.4 Å². The largest absolute Gasteiger partial charge is 0.507 e. The van der Waals surface area contributed by atoms with Crippen molar-refractivity contribution in [3.8, 4) is 0 Å². The van der Waals surface area contributed by atoms with E-state index in [0.717, 1.165) is 28.6 Å². The first-order chi connectivity index (χ1) is 16.5. The number of rotatable bonds is 5. The molecule has 4 aromatic rings. The number of ketones is 1. The van der Waals surface area contributed by atoms with Crippen LogP contribution in [-0.2, 0) is 16.0 Å². The van der Waals surface area contributed by atoms with Gasteiger partial charge < -0.3 is 15.0 Å². The number of aliphatic hydroxyl groups is 1. The van der Waals surface area contributed by atoms with Crippen molar-refractivity contribution in [3.05, 3.63) is 113 Å². The molecule has 1 atom stereocenters. The lowest BCUT2D eigenvalue weighted by atomic mass is 9.94. The molecule has 0 spiro atoms. The van der Waals surface area contributed by atoms with Crippen molar-refractivity contribution in [1.29, 1.82) is 0 Å². The van der Waals surface area contributed by atoms with Gasteiger partial charge in [-0.15, -0.1) is 0 Å². The van der Waals surface area contributed by atoms with Crippen molar-refractivity contribution in [1.82, 2.24) is 9.88 Å². The zero-order valence-corrected chi connectivity index (χ0v) is 18.0. The minimum absolute atomic E-state index is 0.101. The fraction of sp³-hybridized carbons (Fsp3) is 0.111. The lowest BCUT2D eigenvalue weighted by molar-refractivity contribution is -0.139. The number of amides is 1. The lowest BCUT2D eigenvalue weighted by Crippen LogP contribution is -2.32. The Morgan fingerprint density at radius 1 is 0.941 bits per heavy atom. The Hall–Kier alpha value is -4.26. The first kappa shape index (κ1) is 21.6. The Bertz CT molecular complexity index is 1440. The first-order valence-electron chi connectivity index (χ1n) is 10.8. The molecule has 1 aliphatic heterocycles. The molecular weight excluding hydrogens is 438 g/mol. The van der Waals surface area contributed by atoms with Crippen LogP contribution in [0.15, 0.2) is 84.6 Å². The molecule has 1 aliphatic rings. The van der Waals surface area contributed by atoms with E-state index in [0.29, 0.717) is 6.42 Å². The number of para-hydroxylation sites is 1. The molecule has 7 heteroatoms. The van der Waals surface area contributed by atoms with Gasteiger partial charge in [0.1, 0.15) is 17.4 Å². The van der Waals surface area contributed by atoms with Crippen molar-refractivity contribution < 1.29 is 23.5 Å². The van der Waals surface area contributed by atoms with E-state index >= 15 is 0 Å². The molecule has 1 unspecified atom stereocenters. The van der Waals surface area contributed by atoms with E-state index in [-0.39, 0.29) is 23.2 Å². The van der Waals surface area contributed by atoms with Crippen LogP contribution in [0, 0.1) is 11.6 Å². The molecule has 1 amide bonds. The van der Waals surface area contributed by atoms with Crippen molar-refractivity contribution >= 4 is 28.4 Å². The van der Waals surface area contributed by atoms with Crippen LogP contribution in [0.2, 0.25) is 0 Å². The number of H-pyrrole nitrogens is 1. The Labute approximate surface area is 194 Å². The number of carbonyl (C=O) groups excluding carboxylic acids is 2. The minimum Gasteiger partial charge on any atom is -0.507 e. The number of hydrogen-bond acceptors (Lipinski definition) is 3. The number of aliphatic hydroxyl groups excluding tert-OH is 1. The highest BCUT2D eigenvalue weighted by Gasteiger charge is 2.46. The first-order valence-corrected chi connectivity index (χ1v) is 10.8. The van der Waals surface area contributed by atoms with Gasteiger partial charge in [-0.2, -0.15) is 0 Å². The quantitative estimate of drug-likeness (QED) is 0.248. The second-order valence-corrected chi connectivity index (χ2v) is 8.13. The highest BCUT2D eigenvalue weighted by atomic mass is 19.1. The van der Waals surface area contributed by atoms with Crippen LogP contribution >= 0.6 is 0 Å². The monoisotopic (exact) mass is 458 g/mol. The van der Waals surface area contributed by atoms with Gasteiger partial charge in [-0.1, -0.05) is 36.4 Å². The number of carbonyl (C=O) groups is 2. The number of nitrogens with one attached hydrogen (secondary N) is 1. The van der Waals surface area contributed by atoms with Crippen LogP contribution in [0.25, 0.3) is 16.7 Å². The third-order valence-corrected chi connectivity index (χ3v) is 6.15. The van der Waals surface area contributed by atoms with E-state index in [4.69, 9.17) is 0 Å². The molecule has 0 radical (unpaired) electrons. The Morgan fingerprint density at radius 2 is 1.65 bits per heavy atom. The summed E-state index contributed by atoms with van der Waals surface area (Å²) in [4.78, 5) is 30.6. The molecule has 0 saturated carbocycles. The van der Waals surface area contributed by atoms with Gasteiger partial charge in [-0.25, -0.2) is 8.78 Å². The SMILES string of the molecule is O=C1C(=O)N(CCc2c[nH]c3ccccc23)C(c2ccccc2F)C1=C(O)c1ccc(F)cc1. The molecule has 2 heterocycles. The predicted octanol–water partition coefficient (Wildman–Crippen LogP) is 5.11. The van der Waals surface area contributed by atoms with E-state index in [1.807, 2.05) is 30.5 Å². The number of fused-ring (bicyclic) bond motifs is 1. The standard InChI is InChI=1S/C27H20F2N2O3/c28-18-11-9-16(10-12-18)25(32)23-24(20-6-1-3-7-21(20)29)31(27(34)26(23)33)14-13-17-15-30-22-8-4-2-5-19(17)22/h1-12,15,24,30,32H,13-14H2. The van der Waals surface area contributed by atoms with Gasteiger partial charge in [0, 0.05) is 34.8 Å². The summed E-state index contributed by atoms with van der Waals surface area (Å²) in [5.41, 5.74) is 1.94. The normalized spacial score (nSPS) is 17.6. The summed E-state index contributed by atoms with van der Waals surface area (Å²) in [6, 6.07) is 17.3. The molecule has 5 nitrogen and oxygen atoms in total. The van der Waals surface area contributed by atoms with Crippen molar-refractivity contribution in [2.45, 2.75) is 12.5 Å². The average molecular weight is 458 g/mol. The number of aromatic nitrogens is 1. The number of benzene rings is 3. The third kappa shape index (κ3) is 3.65. The smallest absolute Gasteiger partial charge is 0.295 e. The van der Waals surface area contributed by atoms with E-state index in [1.54, 1.807) is 6.07 Å². The van der Waals surface area contributed by atoms with Crippen LogP contribution in [0.5, 0.6) is 0 Å². The van der Waals surface area contributed by atoms with Crippen LogP contribution in [-0.4, -0.2) is 33.2 Å². The van der Waals surface area contributed by atoms with Gasteiger partial charge in [-0.3, -0.25) is 9.59 Å². The molecule has 1 aromatic heterocycles. The molecule has 1 fully saturated rings. The second-order valence-electron chi connectivity index (χ2n) is 8.13. The van der Waals surface area contributed by atoms with E-state index in [2.05, 4.69) is 4.98 Å². The molecule has 2 N–H and O–H groups in total. The Balaban J connectivity index is 1.58. The van der Waals surface area contributed by atoms with Crippen LogP contribution in [0.1, 0.15) is 22.7 Å². The van der Waals surface area contributed by atoms with Gasteiger partial charge in [0.05, 0.1) is 11.6 Å². The van der Waals surface area contributed by atoms with Gasteiger partial charge in [0.25, 0.3) is 11.7 Å². The lowest BCUT2D eigenvalue weighted by Gasteiger charge is -2.25. The molecule has 1 saturated heterocycles. The zero-order chi connectivity index (χ0) is 23.8. The number of aromatic amines is 1. The summed E-state index contributed by atoms with van der Waals surface area (Å²) in [5, 5.41) is 12.0. The minimum atomic E-state index is -1.11. The summed E-state index contributed by atoms with van der Waals surface area (Å²) >= 11 is 0. The van der Waals surface area contributed by atoms with E-state index in [9.17, 15) is 23.5 Å². The summed E-state index contributed by atoms with van der Waals surface area (Å²) in [7, 11) is 0. The number of halogens is 2. The molecule has 0 bridgehead atoms. The maximum absolute atomic E-state index is 14.9. The number of hydrogen-bond donors (Lipinski definition) is 2. The molecule has 0 aliphatic carbocycles. The highest BCUT2D eigenvalue weighted by molar-refractivity contribution is 6.46. The average Bonchev–Trinajstić information content (AvgIpc) is 3.37. The number of nitrogens with zero attached hydrogens (tertiary/aromatic N) is 1. The second kappa shape index (κ2) is 8.59. The molecule has 5 rings (SSSR count). The summed E-state index contributed by atoms with van der Waals surface area (Å²) in [5.74, 6) is -3.31. The van der Waals surface area contributed by atoms with Crippen molar-refractivity contribution in [2.24, 2.45) is 0 Å². The van der Waals surface area contributed by atoms with E-state index < -0.39 is 35.1 Å². The van der Waals surface area contributed by atoms with Crippen LogP contribution < -0.4 is 0 Å². The van der Waals surface area contributed by atoms with Crippen LogP contribution in [0.3, 0.4) is 0 Å². The van der Waals surface area contributed by atoms with E-state index in [1.165, 1.54) is 35.2 Å². The number of Topliss-reactive ketones (excluding diaryl/α,β-unsaturated/α-hetero) is 1. The predicted molar refractivity (Wildman–Crippen MR) is 124 cm³/mol. The molecule has 170 valence electrons. The Morgan fingerprint density at radius 3 is 2.41 bits per heavy atom. The highest BCUT2D eigenvalue weighted by Crippen LogP contribution is 2.40. The Kier molecular flexibility index (Phi) is 5.45. The molecule has 34 heavy (non-hydrogen) atoms. The fourth-order valence-corrected chi connectivity index (χ4v) is 4.47.